The van der Waals surface area contributed by atoms with E-state index >= 15 is 0 Å². The van der Waals surface area contributed by atoms with E-state index in [4.69, 9.17) is 4.74 Å². The lowest BCUT2D eigenvalue weighted by Gasteiger charge is -2.28. The molecule has 0 aromatic carbocycles. The van der Waals surface area contributed by atoms with Gasteiger partial charge in [-0.15, -0.1) is 0 Å². The number of methoxy groups -OCH3 is 1. The van der Waals surface area contributed by atoms with Gasteiger partial charge in [0.1, 0.15) is 0 Å². The first-order chi connectivity index (χ1) is 7.65. The van der Waals surface area contributed by atoms with Crippen LogP contribution in [0.3, 0.4) is 0 Å². The lowest BCUT2D eigenvalue weighted by atomic mass is 9.80. The summed E-state index contributed by atoms with van der Waals surface area (Å²) in [4.78, 5) is 22.5. The smallest absolute Gasteiger partial charge is 0.310 e. The molecule has 0 aromatic heterocycles. The summed E-state index contributed by atoms with van der Waals surface area (Å²) < 4.78 is 4.81. The molecule has 0 aromatic rings. The highest BCUT2D eigenvalue weighted by atomic mass is 16.5. The normalized spacial score (nSPS) is 18.9. The average Bonchev–Trinajstić information content (AvgIpc) is 2.30. The largest absolute Gasteiger partial charge is 0.469 e. The Morgan fingerprint density at radius 1 is 1.31 bits per heavy atom. The molecule has 1 aliphatic rings. The Morgan fingerprint density at radius 3 is 2.44 bits per heavy atom. The zero-order valence-electron chi connectivity index (χ0n) is 10.1. The lowest BCUT2D eigenvalue weighted by molar-refractivity contribution is -0.147. The Hall–Kier alpha value is -1.06. The zero-order valence-corrected chi connectivity index (χ0v) is 10.1. The zero-order chi connectivity index (χ0) is 12.0. The maximum absolute atomic E-state index is 11.7. The molecule has 1 fully saturated rings. The monoisotopic (exact) mass is 227 g/mol. The van der Waals surface area contributed by atoms with Crippen molar-refractivity contribution < 1.29 is 14.3 Å². The molecular weight excluding hydrogens is 206 g/mol. The van der Waals surface area contributed by atoms with Gasteiger partial charge >= 0.3 is 5.97 Å². The first-order valence-corrected chi connectivity index (χ1v) is 5.97. The molecule has 0 bridgehead atoms. The second-order valence-electron chi connectivity index (χ2n) is 4.46. The van der Waals surface area contributed by atoms with Gasteiger partial charge in [0.25, 0.3) is 0 Å². The third-order valence-corrected chi connectivity index (χ3v) is 3.29. The van der Waals surface area contributed by atoms with Crippen LogP contribution in [0.5, 0.6) is 0 Å². The number of hydrogen-bond acceptors (Lipinski definition) is 3. The summed E-state index contributed by atoms with van der Waals surface area (Å²) in [5.74, 6) is -0.0902. The summed E-state index contributed by atoms with van der Waals surface area (Å²) in [6.45, 7) is 1.88. The number of hydrogen-bond donors (Lipinski definition) is 1. The topological polar surface area (TPSA) is 55.4 Å². The van der Waals surface area contributed by atoms with Crippen LogP contribution < -0.4 is 5.32 Å². The standard InChI is InChI=1S/C12H21NO3/c1-9(14)13-8-11(12(15)16-2)10-6-4-3-5-7-10/h10-11H,3-8H2,1-2H3,(H,13,14). The van der Waals surface area contributed by atoms with Gasteiger partial charge in [0.15, 0.2) is 0 Å². The van der Waals surface area contributed by atoms with E-state index in [1.165, 1.54) is 33.3 Å². The summed E-state index contributed by atoms with van der Waals surface area (Å²) in [5, 5.41) is 2.72. The van der Waals surface area contributed by atoms with Crippen molar-refractivity contribution in [3.05, 3.63) is 0 Å². The van der Waals surface area contributed by atoms with Gasteiger partial charge in [-0.1, -0.05) is 19.3 Å². The van der Waals surface area contributed by atoms with Crippen LogP contribution in [-0.2, 0) is 14.3 Å². The molecule has 1 atom stereocenters. The second-order valence-corrected chi connectivity index (χ2v) is 4.46. The number of esters is 1. The van der Waals surface area contributed by atoms with Crippen LogP contribution in [0.4, 0.5) is 0 Å². The molecular formula is C12H21NO3. The highest BCUT2D eigenvalue weighted by molar-refractivity contribution is 5.76. The Labute approximate surface area is 96.7 Å². The molecule has 0 saturated heterocycles. The molecule has 0 spiro atoms. The van der Waals surface area contributed by atoms with Gasteiger partial charge < -0.3 is 10.1 Å². The third kappa shape index (κ3) is 3.83. The van der Waals surface area contributed by atoms with Gasteiger partial charge in [-0.2, -0.15) is 0 Å². The van der Waals surface area contributed by atoms with E-state index in [2.05, 4.69) is 5.32 Å². The predicted octanol–water partition coefficient (Wildman–Crippen LogP) is 1.49. The van der Waals surface area contributed by atoms with Gasteiger partial charge in [-0.3, -0.25) is 9.59 Å². The van der Waals surface area contributed by atoms with E-state index in [9.17, 15) is 9.59 Å². The van der Waals surface area contributed by atoms with Crippen molar-refractivity contribution in [2.24, 2.45) is 11.8 Å². The first-order valence-electron chi connectivity index (χ1n) is 5.97. The van der Waals surface area contributed by atoms with Crippen molar-refractivity contribution in [2.75, 3.05) is 13.7 Å². The fourth-order valence-electron chi connectivity index (χ4n) is 2.38. The fraction of sp³-hybridized carbons (Fsp3) is 0.833. The number of nitrogens with one attached hydrogen (secondary N) is 1. The third-order valence-electron chi connectivity index (χ3n) is 3.29. The quantitative estimate of drug-likeness (QED) is 0.740. The molecule has 0 heterocycles. The van der Waals surface area contributed by atoms with E-state index in [0.29, 0.717) is 12.5 Å². The number of ether oxygens (including phenoxy) is 1. The second kappa shape index (κ2) is 6.51. The molecule has 0 radical (unpaired) electrons. The van der Waals surface area contributed by atoms with E-state index in [-0.39, 0.29) is 17.8 Å². The molecule has 92 valence electrons. The molecule has 1 rings (SSSR count). The molecule has 1 saturated carbocycles. The number of carbonyl (C=O) groups excluding carboxylic acids is 2. The summed E-state index contributed by atoms with van der Waals surface area (Å²) in [7, 11) is 1.41. The van der Waals surface area contributed by atoms with Crippen LogP contribution in [0.2, 0.25) is 0 Å². The van der Waals surface area contributed by atoms with Gasteiger partial charge in [-0.05, 0) is 18.8 Å². The van der Waals surface area contributed by atoms with Crippen molar-refractivity contribution in [3.63, 3.8) is 0 Å². The number of amides is 1. The SMILES string of the molecule is COC(=O)C(CNC(C)=O)C1CCCCC1. The summed E-state index contributed by atoms with van der Waals surface area (Å²) in [5.41, 5.74) is 0. The van der Waals surface area contributed by atoms with Crippen molar-refractivity contribution in [1.82, 2.24) is 5.32 Å². The fourth-order valence-corrected chi connectivity index (χ4v) is 2.38. The first kappa shape index (κ1) is 13.0. The van der Waals surface area contributed by atoms with Crippen LogP contribution >= 0.6 is 0 Å². The Bertz CT molecular complexity index is 247. The molecule has 1 N–H and O–H groups in total. The van der Waals surface area contributed by atoms with Crippen molar-refractivity contribution in [1.29, 1.82) is 0 Å². The summed E-state index contributed by atoms with van der Waals surface area (Å²) in [6, 6.07) is 0. The minimum absolute atomic E-state index is 0.0929. The Kier molecular flexibility index (Phi) is 5.29. The molecule has 16 heavy (non-hydrogen) atoms. The lowest BCUT2D eigenvalue weighted by Crippen LogP contribution is -2.37. The highest BCUT2D eigenvalue weighted by Gasteiger charge is 2.30. The average molecular weight is 227 g/mol. The Morgan fingerprint density at radius 2 is 1.94 bits per heavy atom. The molecule has 1 amide bonds. The molecule has 0 aliphatic heterocycles. The van der Waals surface area contributed by atoms with E-state index in [1.54, 1.807) is 0 Å². The highest BCUT2D eigenvalue weighted by Crippen LogP contribution is 2.30. The van der Waals surface area contributed by atoms with Crippen molar-refractivity contribution in [3.8, 4) is 0 Å². The van der Waals surface area contributed by atoms with Gasteiger partial charge in [0.05, 0.1) is 13.0 Å². The van der Waals surface area contributed by atoms with Crippen LogP contribution in [0, 0.1) is 11.8 Å². The van der Waals surface area contributed by atoms with Crippen LogP contribution in [0.1, 0.15) is 39.0 Å². The van der Waals surface area contributed by atoms with Crippen molar-refractivity contribution in [2.45, 2.75) is 39.0 Å². The molecule has 1 unspecified atom stereocenters. The number of rotatable bonds is 4. The van der Waals surface area contributed by atoms with E-state index < -0.39 is 0 Å². The molecule has 4 nitrogen and oxygen atoms in total. The van der Waals surface area contributed by atoms with Gasteiger partial charge in [-0.25, -0.2) is 0 Å². The van der Waals surface area contributed by atoms with Crippen LogP contribution in [0.15, 0.2) is 0 Å². The van der Waals surface area contributed by atoms with Crippen LogP contribution in [0.25, 0.3) is 0 Å². The summed E-state index contributed by atoms with van der Waals surface area (Å²) >= 11 is 0. The number of carbonyl (C=O) groups is 2. The van der Waals surface area contributed by atoms with Gasteiger partial charge in [0.2, 0.25) is 5.91 Å². The minimum Gasteiger partial charge on any atom is -0.469 e. The van der Waals surface area contributed by atoms with Gasteiger partial charge in [0, 0.05) is 13.5 Å². The predicted molar refractivity (Wildman–Crippen MR) is 60.8 cm³/mol. The maximum atomic E-state index is 11.7. The Balaban J connectivity index is 2.54. The maximum Gasteiger partial charge on any atom is 0.310 e. The van der Waals surface area contributed by atoms with Crippen molar-refractivity contribution >= 4 is 11.9 Å². The van der Waals surface area contributed by atoms with Crippen LogP contribution in [-0.4, -0.2) is 25.5 Å². The molecule has 1 aliphatic carbocycles. The molecule has 4 heteroatoms. The van der Waals surface area contributed by atoms with E-state index in [0.717, 1.165) is 12.8 Å². The van der Waals surface area contributed by atoms with E-state index in [1.807, 2.05) is 0 Å². The summed E-state index contributed by atoms with van der Waals surface area (Å²) in [6.07, 6.45) is 5.75. The minimum atomic E-state index is -0.194.